The fraction of sp³-hybridized carbons (Fsp3) is 0. The highest BCUT2D eigenvalue weighted by Gasteiger charge is 2.14. The molecule has 0 atom stereocenters. The molecule has 4 aromatic carbocycles. The molecule has 0 unspecified atom stereocenters. The predicted molar refractivity (Wildman–Crippen MR) is 134 cm³/mol. The second-order valence-corrected chi connectivity index (χ2v) is 10.6. The minimum Gasteiger partial charge on any atom is -0.237 e. The van der Waals surface area contributed by atoms with Crippen LogP contribution in [0.3, 0.4) is 0 Å². The van der Waals surface area contributed by atoms with Gasteiger partial charge < -0.3 is 0 Å². The van der Waals surface area contributed by atoms with E-state index in [0.29, 0.717) is 0 Å². The van der Waals surface area contributed by atoms with E-state index < -0.39 is 0 Å². The fourth-order valence-electron chi connectivity index (χ4n) is 3.13. The molecule has 0 amide bonds. The van der Waals surface area contributed by atoms with E-state index >= 15 is 0 Å². The Hall–Kier alpha value is -1.86. The van der Waals surface area contributed by atoms with Crippen LogP contribution >= 0.6 is 55.4 Å². The Morgan fingerprint density at radius 1 is 0.533 bits per heavy atom. The van der Waals surface area contributed by atoms with Crippen molar-refractivity contribution in [1.29, 1.82) is 0 Å². The zero-order valence-corrected chi connectivity index (χ0v) is 20.4. The normalized spacial score (nSPS) is 11.3. The van der Waals surface area contributed by atoms with E-state index in [0.717, 1.165) is 39.8 Å². The van der Waals surface area contributed by atoms with Gasteiger partial charge in [0.25, 0.3) is 0 Å². The first-order valence-corrected chi connectivity index (χ1v) is 12.4. The van der Waals surface area contributed by atoms with Crippen LogP contribution in [0.1, 0.15) is 0 Å². The molecule has 5 aromatic rings. The number of hydrogen-bond acceptors (Lipinski definition) is 4. The summed E-state index contributed by atoms with van der Waals surface area (Å²) in [6.45, 7) is 0. The molecule has 30 heavy (non-hydrogen) atoms. The van der Waals surface area contributed by atoms with Gasteiger partial charge in [0.15, 0.2) is 0 Å². The third-order valence-electron chi connectivity index (χ3n) is 4.49. The summed E-state index contributed by atoms with van der Waals surface area (Å²) in [5.74, 6) is 0. The van der Waals surface area contributed by atoms with Crippen LogP contribution < -0.4 is 0 Å². The summed E-state index contributed by atoms with van der Waals surface area (Å²) in [6.07, 6.45) is 0. The maximum atomic E-state index is 5.02. The van der Waals surface area contributed by atoms with Gasteiger partial charge in [-0.05, 0) is 59.3 Å². The van der Waals surface area contributed by atoms with Crippen LogP contribution in [-0.4, -0.2) is 9.97 Å². The molecule has 0 aliphatic carbocycles. The van der Waals surface area contributed by atoms with Gasteiger partial charge in [-0.25, -0.2) is 9.97 Å². The topological polar surface area (TPSA) is 25.8 Å². The van der Waals surface area contributed by atoms with E-state index in [1.165, 1.54) is 10.8 Å². The van der Waals surface area contributed by atoms with Crippen molar-refractivity contribution in [3.8, 4) is 0 Å². The third-order valence-corrected chi connectivity index (χ3v) is 7.54. The SMILES string of the molecule is Brc1cccc(Sc2nc3cc4ccccc4cc3nc2Sc2cccc(Br)c2)c1. The van der Waals surface area contributed by atoms with E-state index in [2.05, 4.69) is 92.5 Å². The lowest BCUT2D eigenvalue weighted by atomic mass is 10.1. The molecule has 2 nitrogen and oxygen atoms in total. The van der Waals surface area contributed by atoms with Crippen molar-refractivity contribution in [2.45, 2.75) is 19.8 Å². The molecule has 0 radical (unpaired) electrons. The number of aromatic nitrogens is 2. The average Bonchev–Trinajstić information content (AvgIpc) is 2.73. The molecule has 1 heterocycles. The number of rotatable bonds is 4. The molecule has 146 valence electrons. The van der Waals surface area contributed by atoms with Gasteiger partial charge in [0.2, 0.25) is 0 Å². The highest BCUT2D eigenvalue weighted by atomic mass is 79.9. The lowest BCUT2D eigenvalue weighted by Crippen LogP contribution is -1.93. The van der Waals surface area contributed by atoms with Crippen molar-refractivity contribution in [1.82, 2.24) is 9.97 Å². The van der Waals surface area contributed by atoms with Crippen molar-refractivity contribution < 1.29 is 0 Å². The van der Waals surface area contributed by atoms with Crippen LogP contribution in [0.5, 0.6) is 0 Å². The molecule has 0 saturated carbocycles. The van der Waals surface area contributed by atoms with Crippen LogP contribution in [0.4, 0.5) is 0 Å². The lowest BCUT2D eigenvalue weighted by molar-refractivity contribution is 0.969. The Balaban J connectivity index is 1.65. The van der Waals surface area contributed by atoms with Gasteiger partial charge in [0.1, 0.15) is 10.1 Å². The van der Waals surface area contributed by atoms with E-state index in [1.54, 1.807) is 23.5 Å². The third kappa shape index (κ3) is 4.42. The first kappa shape index (κ1) is 20.1. The maximum Gasteiger partial charge on any atom is 0.134 e. The quantitative estimate of drug-likeness (QED) is 0.208. The van der Waals surface area contributed by atoms with Gasteiger partial charge in [-0.1, -0.05) is 91.8 Å². The van der Waals surface area contributed by atoms with Gasteiger partial charge in [-0.15, -0.1) is 0 Å². The Kier molecular flexibility index (Phi) is 5.83. The zero-order valence-electron chi connectivity index (χ0n) is 15.5. The largest absolute Gasteiger partial charge is 0.237 e. The van der Waals surface area contributed by atoms with Crippen molar-refractivity contribution in [2.75, 3.05) is 0 Å². The van der Waals surface area contributed by atoms with Gasteiger partial charge in [-0.3, -0.25) is 0 Å². The smallest absolute Gasteiger partial charge is 0.134 e. The predicted octanol–water partition coefficient (Wildman–Crippen LogP) is 8.61. The summed E-state index contributed by atoms with van der Waals surface area (Å²) in [5, 5.41) is 4.15. The fourth-order valence-corrected chi connectivity index (χ4v) is 6.14. The second kappa shape index (κ2) is 8.71. The summed E-state index contributed by atoms with van der Waals surface area (Å²) in [5.41, 5.74) is 1.81. The molecule has 0 N–H and O–H groups in total. The summed E-state index contributed by atoms with van der Waals surface area (Å²) in [4.78, 5) is 12.3. The van der Waals surface area contributed by atoms with Crippen molar-refractivity contribution in [2.24, 2.45) is 0 Å². The second-order valence-electron chi connectivity index (χ2n) is 6.64. The van der Waals surface area contributed by atoms with Crippen molar-refractivity contribution >= 4 is 77.2 Å². The van der Waals surface area contributed by atoms with E-state index in [-0.39, 0.29) is 0 Å². The van der Waals surface area contributed by atoms with Crippen LogP contribution in [0.15, 0.2) is 114 Å². The van der Waals surface area contributed by atoms with Gasteiger partial charge in [0, 0.05) is 18.7 Å². The molecule has 0 saturated heterocycles. The van der Waals surface area contributed by atoms with Crippen LogP contribution in [0.25, 0.3) is 21.8 Å². The molecule has 6 heteroatoms. The number of benzene rings is 4. The molecule has 0 spiro atoms. The van der Waals surface area contributed by atoms with Gasteiger partial charge in [0.05, 0.1) is 11.0 Å². The van der Waals surface area contributed by atoms with E-state index in [1.807, 2.05) is 24.3 Å². The first-order valence-electron chi connectivity index (χ1n) is 9.21. The van der Waals surface area contributed by atoms with Crippen molar-refractivity contribution in [3.05, 3.63) is 93.9 Å². The van der Waals surface area contributed by atoms with Crippen molar-refractivity contribution in [3.63, 3.8) is 0 Å². The van der Waals surface area contributed by atoms with Crippen LogP contribution in [-0.2, 0) is 0 Å². The highest BCUT2D eigenvalue weighted by Crippen LogP contribution is 2.39. The molecular formula is C24H14Br2N2S2. The zero-order chi connectivity index (χ0) is 20.5. The number of fused-ring (bicyclic) bond motifs is 2. The molecule has 5 rings (SSSR count). The molecule has 0 aliphatic heterocycles. The van der Waals surface area contributed by atoms with E-state index in [9.17, 15) is 0 Å². The van der Waals surface area contributed by atoms with Crippen LogP contribution in [0.2, 0.25) is 0 Å². The summed E-state index contributed by atoms with van der Waals surface area (Å²) >= 11 is 10.4. The minimum atomic E-state index is 0.904. The maximum absolute atomic E-state index is 5.02. The highest BCUT2D eigenvalue weighted by molar-refractivity contribution is 9.10. The Morgan fingerprint density at radius 2 is 1.00 bits per heavy atom. The Labute approximate surface area is 199 Å². The summed E-state index contributed by atoms with van der Waals surface area (Å²) in [6, 6.07) is 29.1. The molecule has 0 aliphatic rings. The molecule has 1 aromatic heterocycles. The molecular weight excluding hydrogens is 540 g/mol. The minimum absolute atomic E-state index is 0.904. The van der Waals surface area contributed by atoms with Crippen LogP contribution in [0, 0.1) is 0 Å². The Bertz CT molecular complexity index is 1280. The van der Waals surface area contributed by atoms with Gasteiger partial charge in [-0.2, -0.15) is 0 Å². The van der Waals surface area contributed by atoms with E-state index in [4.69, 9.17) is 9.97 Å². The Morgan fingerprint density at radius 3 is 1.43 bits per heavy atom. The molecule has 0 bridgehead atoms. The number of nitrogens with zero attached hydrogens (tertiary/aromatic N) is 2. The average molecular weight is 554 g/mol. The summed E-state index contributed by atoms with van der Waals surface area (Å²) < 4.78 is 2.10. The van der Waals surface area contributed by atoms with Gasteiger partial charge >= 0.3 is 0 Å². The summed E-state index contributed by atoms with van der Waals surface area (Å²) in [7, 11) is 0. The first-order chi connectivity index (χ1) is 14.6. The lowest BCUT2D eigenvalue weighted by Gasteiger charge is -2.11. The monoisotopic (exact) mass is 552 g/mol. The standard InChI is InChI=1S/C24H14Br2N2S2/c25-17-7-3-9-19(13-17)29-23-24(30-20-10-4-8-18(26)14-20)28-22-12-16-6-2-1-5-15(16)11-21(22)27-23/h1-14H. The number of halogens is 2. The number of hydrogen-bond donors (Lipinski definition) is 0. The molecule has 0 fully saturated rings.